The van der Waals surface area contributed by atoms with Crippen LogP contribution in [0.15, 0.2) is 0 Å². The topological polar surface area (TPSA) is 38.0 Å². The van der Waals surface area contributed by atoms with Crippen molar-refractivity contribution in [2.24, 2.45) is 11.1 Å². The van der Waals surface area contributed by atoms with E-state index in [9.17, 15) is 0 Å². The Balaban J connectivity index is 3.38. The van der Waals surface area contributed by atoms with Gasteiger partial charge in [-0.05, 0) is 25.3 Å². The van der Waals surface area contributed by atoms with E-state index >= 15 is 0 Å². The summed E-state index contributed by atoms with van der Waals surface area (Å²) in [5.41, 5.74) is 6.25. The quantitative estimate of drug-likeness (QED) is 0.648. The normalized spacial score (nSPS) is 15.0. The molecule has 3 N–H and O–H groups in total. The van der Waals surface area contributed by atoms with Crippen molar-refractivity contribution in [3.63, 3.8) is 0 Å². The highest BCUT2D eigenvalue weighted by Crippen LogP contribution is 2.20. The molecule has 0 heterocycles. The van der Waals surface area contributed by atoms with E-state index in [0.29, 0.717) is 11.5 Å². The summed E-state index contributed by atoms with van der Waals surface area (Å²) in [5.74, 6) is 0. The second-order valence-electron chi connectivity index (χ2n) is 4.42. The van der Waals surface area contributed by atoms with Gasteiger partial charge in [-0.3, -0.25) is 0 Å². The van der Waals surface area contributed by atoms with Crippen molar-refractivity contribution >= 4 is 0 Å². The zero-order valence-electron chi connectivity index (χ0n) is 8.28. The van der Waals surface area contributed by atoms with Crippen LogP contribution in [0.5, 0.6) is 0 Å². The Morgan fingerprint density at radius 1 is 1.36 bits per heavy atom. The van der Waals surface area contributed by atoms with Crippen LogP contribution in [0.4, 0.5) is 0 Å². The van der Waals surface area contributed by atoms with E-state index in [1.165, 1.54) is 6.42 Å². The first-order valence-electron chi connectivity index (χ1n) is 4.36. The van der Waals surface area contributed by atoms with Crippen molar-refractivity contribution in [1.29, 1.82) is 0 Å². The molecule has 11 heavy (non-hydrogen) atoms. The monoisotopic (exact) mass is 158 g/mol. The molecule has 0 spiro atoms. The van der Waals surface area contributed by atoms with Gasteiger partial charge in [0.15, 0.2) is 0 Å². The zero-order valence-corrected chi connectivity index (χ0v) is 8.28. The summed E-state index contributed by atoms with van der Waals surface area (Å²) in [5, 5.41) is 3.08. The SMILES string of the molecule is CNCC(N)CCC(C)(C)C. The molecule has 0 aromatic rings. The largest absolute Gasteiger partial charge is 0.327 e. The molecule has 0 bridgehead atoms. The summed E-state index contributed by atoms with van der Waals surface area (Å²) in [7, 11) is 1.94. The van der Waals surface area contributed by atoms with Crippen molar-refractivity contribution in [2.75, 3.05) is 13.6 Å². The summed E-state index contributed by atoms with van der Waals surface area (Å²) >= 11 is 0. The Morgan fingerprint density at radius 2 is 1.91 bits per heavy atom. The Labute approximate surface area is 70.5 Å². The molecular weight excluding hydrogens is 136 g/mol. The summed E-state index contributed by atoms with van der Waals surface area (Å²) in [6, 6.07) is 0.319. The third kappa shape index (κ3) is 7.82. The van der Waals surface area contributed by atoms with Crippen LogP contribution in [-0.2, 0) is 0 Å². The highest BCUT2D eigenvalue weighted by molar-refractivity contribution is 4.69. The van der Waals surface area contributed by atoms with Gasteiger partial charge in [0.1, 0.15) is 0 Å². The van der Waals surface area contributed by atoms with Crippen LogP contribution in [0.1, 0.15) is 33.6 Å². The van der Waals surface area contributed by atoms with Gasteiger partial charge in [0.25, 0.3) is 0 Å². The smallest absolute Gasteiger partial charge is 0.0165 e. The molecule has 0 fully saturated rings. The zero-order chi connectivity index (χ0) is 8.91. The molecule has 2 nitrogen and oxygen atoms in total. The van der Waals surface area contributed by atoms with Crippen LogP contribution in [-0.4, -0.2) is 19.6 Å². The van der Waals surface area contributed by atoms with Gasteiger partial charge in [-0.1, -0.05) is 20.8 Å². The fraction of sp³-hybridized carbons (Fsp3) is 1.00. The number of nitrogens with one attached hydrogen (secondary N) is 1. The van der Waals surface area contributed by atoms with Crippen molar-refractivity contribution in [2.45, 2.75) is 39.7 Å². The molecule has 0 aliphatic rings. The van der Waals surface area contributed by atoms with Crippen LogP contribution >= 0.6 is 0 Å². The number of likely N-dealkylation sites (N-methyl/N-ethyl adjacent to an activating group) is 1. The molecular formula is C9H22N2. The van der Waals surface area contributed by atoms with Crippen LogP contribution in [0.2, 0.25) is 0 Å². The summed E-state index contributed by atoms with van der Waals surface area (Å²) in [6.07, 6.45) is 2.32. The maximum atomic E-state index is 5.83. The van der Waals surface area contributed by atoms with Crippen LogP contribution in [0.25, 0.3) is 0 Å². The molecule has 2 heteroatoms. The molecule has 0 radical (unpaired) electrons. The molecule has 0 aliphatic heterocycles. The maximum absolute atomic E-state index is 5.83. The lowest BCUT2D eigenvalue weighted by Gasteiger charge is -2.20. The maximum Gasteiger partial charge on any atom is 0.0165 e. The van der Waals surface area contributed by atoms with Gasteiger partial charge in [-0.2, -0.15) is 0 Å². The predicted molar refractivity (Wildman–Crippen MR) is 50.6 cm³/mol. The van der Waals surface area contributed by atoms with Crippen molar-refractivity contribution < 1.29 is 0 Å². The van der Waals surface area contributed by atoms with Gasteiger partial charge in [-0.15, -0.1) is 0 Å². The standard InChI is InChI=1S/C9H22N2/c1-9(2,3)6-5-8(10)7-11-4/h8,11H,5-7,10H2,1-4H3. The van der Waals surface area contributed by atoms with Crippen LogP contribution in [0.3, 0.4) is 0 Å². The molecule has 1 atom stereocenters. The van der Waals surface area contributed by atoms with E-state index in [0.717, 1.165) is 13.0 Å². The third-order valence-electron chi connectivity index (χ3n) is 1.73. The second kappa shape index (κ2) is 4.73. The lowest BCUT2D eigenvalue weighted by atomic mass is 9.89. The third-order valence-corrected chi connectivity index (χ3v) is 1.73. The highest BCUT2D eigenvalue weighted by atomic mass is 14.9. The van der Waals surface area contributed by atoms with Gasteiger partial charge in [0.05, 0.1) is 0 Å². The minimum Gasteiger partial charge on any atom is -0.327 e. The van der Waals surface area contributed by atoms with Gasteiger partial charge in [0, 0.05) is 12.6 Å². The molecule has 0 amide bonds. The molecule has 1 unspecified atom stereocenters. The number of rotatable bonds is 4. The lowest BCUT2D eigenvalue weighted by Crippen LogP contribution is -2.32. The summed E-state index contributed by atoms with van der Waals surface area (Å²) in [6.45, 7) is 7.67. The number of hydrogen-bond donors (Lipinski definition) is 2. The average molecular weight is 158 g/mol. The number of nitrogens with two attached hydrogens (primary N) is 1. The van der Waals surface area contributed by atoms with E-state index in [4.69, 9.17) is 5.73 Å². The Bertz CT molecular complexity index is 94.2. The second-order valence-corrected chi connectivity index (χ2v) is 4.42. The van der Waals surface area contributed by atoms with Crippen molar-refractivity contribution in [3.8, 4) is 0 Å². The van der Waals surface area contributed by atoms with Gasteiger partial charge >= 0.3 is 0 Å². The minimum absolute atomic E-state index is 0.319. The lowest BCUT2D eigenvalue weighted by molar-refractivity contribution is 0.346. The molecule has 68 valence electrons. The first-order chi connectivity index (χ1) is 4.95. The van der Waals surface area contributed by atoms with Gasteiger partial charge in [-0.25, -0.2) is 0 Å². The Kier molecular flexibility index (Phi) is 4.69. The number of hydrogen-bond acceptors (Lipinski definition) is 2. The van der Waals surface area contributed by atoms with E-state index in [1.54, 1.807) is 0 Å². The van der Waals surface area contributed by atoms with E-state index in [1.807, 2.05) is 7.05 Å². The Hall–Kier alpha value is -0.0800. The average Bonchev–Trinajstić information content (AvgIpc) is 1.83. The van der Waals surface area contributed by atoms with E-state index in [2.05, 4.69) is 26.1 Å². The van der Waals surface area contributed by atoms with Gasteiger partial charge in [0.2, 0.25) is 0 Å². The fourth-order valence-corrected chi connectivity index (χ4v) is 0.983. The van der Waals surface area contributed by atoms with E-state index in [-0.39, 0.29) is 0 Å². The fourth-order valence-electron chi connectivity index (χ4n) is 0.983. The predicted octanol–water partition coefficient (Wildman–Crippen LogP) is 1.36. The van der Waals surface area contributed by atoms with Gasteiger partial charge < -0.3 is 11.1 Å². The summed E-state index contributed by atoms with van der Waals surface area (Å²) in [4.78, 5) is 0. The van der Waals surface area contributed by atoms with Crippen LogP contribution < -0.4 is 11.1 Å². The Morgan fingerprint density at radius 3 is 2.27 bits per heavy atom. The molecule has 0 aromatic carbocycles. The molecule has 0 aromatic heterocycles. The van der Waals surface area contributed by atoms with Crippen LogP contribution in [0, 0.1) is 5.41 Å². The first-order valence-corrected chi connectivity index (χ1v) is 4.36. The molecule has 0 rings (SSSR count). The van der Waals surface area contributed by atoms with Crippen molar-refractivity contribution in [1.82, 2.24) is 5.32 Å². The highest BCUT2D eigenvalue weighted by Gasteiger charge is 2.11. The van der Waals surface area contributed by atoms with Crippen molar-refractivity contribution in [3.05, 3.63) is 0 Å². The van der Waals surface area contributed by atoms with E-state index < -0.39 is 0 Å². The first kappa shape index (κ1) is 10.9. The molecule has 0 saturated carbocycles. The summed E-state index contributed by atoms with van der Waals surface area (Å²) < 4.78 is 0. The molecule has 0 saturated heterocycles. The minimum atomic E-state index is 0.319. The molecule has 0 aliphatic carbocycles.